The van der Waals surface area contributed by atoms with Gasteiger partial charge < -0.3 is 20.3 Å². The SMILES string of the molecule is CCNC(=NCC(C)c1cccs1)NCCN(C)CCCOC.I. The molecule has 0 fully saturated rings. The molecule has 2 N–H and O–H groups in total. The smallest absolute Gasteiger partial charge is 0.191 e. The molecule has 0 bridgehead atoms. The Hall–Kier alpha value is -0.380. The van der Waals surface area contributed by atoms with E-state index >= 15 is 0 Å². The molecule has 5 nitrogen and oxygen atoms in total. The van der Waals surface area contributed by atoms with E-state index in [0.29, 0.717) is 5.92 Å². The Bertz CT molecular complexity index is 428. The predicted molar refractivity (Wildman–Crippen MR) is 116 cm³/mol. The molecule has 1 atom stereocenters. The molecule has 0 radical (unpaired) electrons. The molecule has 0 aromatic carbocycles. The monoisotopic (exact) mass is 468 g/mol. The van der Waals surface area contributed by atoms with Gasteiger partial charge in [-0.05, 0) is 31.8 Å². The van der Waals surface area contributed by atoms with Crippen LogP contribution >= 0.6 is 35.3 Å². The van der Waals surface area contributed by atoms with Crippen LogP contribution in [0.5, 0.6) is 0 Å². The molecule has 1 aromatic heterocycles. The van der Waals surface area contributed by atoms with Gasteiger partial charge in [0.05, 0.1) is 6.54 Å². The lowest BCUT2D eigenvalue weighted by molar-refractivity contribution is 0.180. The normalized spacial score (nSPS) is 12.8. The summed E-state index contributed by atoms with van der Waals surface area (Å²) < 4.78 is 5.08. The summed E-state index contributed by atoms with van der Waals surface area (Å²) in [6.07, 6.45) is 1.07. The van der Waals surface area contributed by atoms with Crippen LogP contribution in [0.4, 0.5) is 0 Å². The van der Waals surface area contributed by atoms with Crippen LogP contribution in [0.3, 0.4) is 0 Å². The Balaban J connectivity index is 0.00000529. The Kier molecular flexibility index (Phi) is 14.7. The van der Waals surface area contributed by atoms with E-state index in [1.165, 1.54) is 4.88 Å². The molecule has 0 aliphatic heterocycles. The molecule has 1 unspecified atom stereocenters. The molecule has 0 aliphatic rings. The van der Waals surface area contributed by atoms with Crippen molar-refractivity contribution in [3.63, 3.8) is 0 Å². The van der Waals surface area contributed by atoms with Crippen LogP contribution in [-0.2, 0) is 4.74 Å². The summed E-state index contributed by atoms with van der Waals surface area (Å²) in [6.45, 7) is 9.76. The van der Waals surface area contributed by atoms with E-state index in [4.69, 9.17) is 9.73 Å². The van der Waals surface area contributed by atoms with Crippen LogP contribution in [0, 0.1) is 0 Å². The van der Waals surface area contributed by atoms with Crippen LogP contribution < -0.4 is 10.6 Å². The molecule has 7 heteroatoms. The van der Waals surface area contributed by atoms with Gasteiger partial charge in [0.15, 0.2) is 5.96 Å². The van der Waals surface area contributed by atoms with Crippen molar-refractivity contribution in [2.24, 2.45) is 4.99 Å². The first-order valence-electron chi connectivity index (χ1n) is 8.40. The number of guanidine groups is 1. The van der Waals surface area contributed by atoms with Crippen molar-refractivity contribution < 1.29 is 4.74 Å². The standard InChI is InChI=1S/C17H32N4OS.HI/c1-5-18-17(19-9-11-21(3)10-7-12-22-4)20-14-15(2)16-8-6-13-23-16;/h6,8,13,15H,5,7,9-12,14H2,1-4H3,(H2,18,19,20);1H. The van der Waals surface area contributed by atoms with Crippen LogP contribution in [0.15, 0.2) is 22.5 Å². The highest BCUT2D eigenvalue weighted by Crippen LogP contribution is 2.20. The zero-order valence-corrected chi connectivity index (χ0v) is 18.5. The molecule has 140 valence electrons. The number of ether oxygens (including phenoxy) is 1. The zero-order valence-electron chi connectivity index (χ0n) is 15.4. The first kappa shape index (κ1) is 23.6. The summed E-state index contributed by atoms with van der Waals surface area (Å²) in [5.41, 5.74) is 0. The molecule has 1 rings (SSSR count). The van der Waals surface area contributed by atoms with Gasteiger partial charge in [0.25, 0.3) is 0 Å². The maximum atomic E-state index is 5.08. The van der Waals surface area contributed by atoms with E-state index in [-0.39, 0.29) is 24.0 Å². The molecule has 0 saturated carbocycles. The highest BCUT2D eigenvalue weighted by Gasteiger charge is 2.06. The summed E-state index contributed by atoms with van der Waals surface area (Å²) in [7, 11) is 3.89. The molecule has 1 aromatic rings. The number of aliphatic imine (C=N–C) groups is 1. The first-order valence-corrected chi connectivity index (χ1v) is 9.28. The largest absolute Gasteiger partial charge is 0.385 e. The lowest BCUT2D eigenvalue weighted by Crippen LogP contribution is -2.41. The first-order chi connectivity index (χ1) is 11.2. The fourth-order valence-electron chi connectivity index (χ4n) is 2.19. The number of nitrogens with one attached hydrogen (secondary N) is 2. The number of likely N-dealkylation sites (N-methyl/N-ethyl adjacent to an activating group) is 1. The van der Waals surface area contributed by atoms with Gasteiger partial charge in [-0.25, -0.2) is 0 Å². The van der Waals surface area contributed by atoms with Gasteiger partial charge in [-0.2, -0.15) is 0 Å². The third kappa shape index (κ3) is 10.5. The van der Waals surface area contributed by atoms with Crippen LogP contribution in [-0.4, -0.2) is 64.3 Å². The van der Waals surface area contributed by atoms with Crippen molar-refractivity contribution in [2.75, 3.05) is 53.5 Å². The number of nitrogens with zero attached hydrogens (tertiary/aromatic N) is 2. The lowest BCUT2D eigenvalue weighted by atomic mass is 10.1. The number of rotatable bonds is 11. The number of hydrogen-bond acceptors (Lipinski definition) is 4. The fourth-order valence-corrected chi connectivity index (χ4v) is 2.97. The highest BCUT2D eigenvalue weighted by atomic mass is 127. The molecule has 0 spiro atoms. The number of methoxy groups -OCH3 is 1. The minimum absolute atomic E-state index is 0. The summed E-state index contributed by atoms with van der Waals surface area (Å²) in [6, 6.07) is 4.28. The van der Waals surface area contributed by atoms with Gasteiger partial charge in [0, 0.05) is 50.7 Å². The minimum Gasteiger partial charge on any atom is -0.385 e. The van der Waals surface area contributed by atoms with Gasteiger partial charge in [-0.15, -0.1) is 35.3 Å². The van der Waals surface area contributed by atoms with E-state index in [1.54, 1.807) is 18.4 Å². The van der Waals surface area contributed by atoms with Gasteiger partial charge in [0.1, 0.15) is 0 Å². The third-order valence-electron chi connectivity index (χ3n) is 3.57. The Morgan fingerprint density at radius 3 is 2.79 bits per heavy atom. The van der Waals surface area contributed by atoms with Gasteiger partial charge in [-0.3, -0.25) is 4.99 Å². The Labute approximate surface area is 168 Å². The predicted octanol–water partition coefficient (Wildman–Crippen LogP) is 2.99. The van der Waals surface area contributed by atoms with Crippen molar-refractivity contribution in [1.82, 2.24) is 15.5 Å². The van der Waals surface area contributed by atoms with E-state index in [9.17, 15) is 0 Å². The van der Waals surface area contributed by atoms with Crippen molar-refractivity contribution in [3.8, 4) is 0 Å². The quantitative estimate of drug-likeness (QED) is 0.227. The van der Waals surface area contributed by atoms with Crippen LogP contribution in [0.2, 0.25) is 0 Å². The van der Waals surface area contributed by atoms with Crippen molar-refractivity contribution in [1.29, 1.82) is 0 Å². The van der Waals surface area contributed by atoms with Crippen molar-refractivity contribution >= 4 is 41.3 Å². The van der Waals surface area contributed by atoms with Crippen LogP contribution in [0.1, 0.15) is 31.1 Å². The van der Waals surface area contributed by atoms with E-state index in [0.717, 1.165) is 51.7 Å². The second-order valence-electron chi connectivity index (χ2n) is 5.71. The molecule has 0 saturated heterocycles. The van der Waals surface area contributed by atoms with Crippen molar-refractivity contribution in [3.05, 3.63) is 22.4 Å². The third-order valence-corrected chi connectivity index (χ3v) is 4.67. The summed E-state index contributed by atoms with van der Waals surface area (Å²) in [4.78, 5) is 8.40. The van der Waals surface area contributed by atoms with Gasteiger partial charge in [0.2, 0.25) is 0 Å². The van der Waals surface area contributed by atoms with Gasteiger partial charge >= 0.3 is 0 Å². The fraction of sp³-hybridized carbons (Fsp3) is 0.706. The highest BCUT2D eigenvalue weighted by molar-refractivity contribution is 14.0. The molecule has 1 heterocycles. The maximum absolute atomic E-state index is 5.08. The van der Waals surface area contributed by atoms with E-state index < -0.39 is 0 Å². The van der Waals surface area contributed by atoms with Crippen LogP contribution in [0.25, 0.3) is 0 Å². The average molecular weight is 468 g/mol. The summed E-state index contributed by atoms with van der Waals surface area (Å²) >= 11 is 1.80. The van der Waals surface area contributed by atoms with E-state index in [2.05, 4.69) is 53.9 Å². The summed E-state index contributed by atoms with van der Waals surface area (Å²) in [5.74, 6) is 1.36. The second-order valence-corrected chi connectivity index (χ2v) is 6.69. The second kappa shape index (κ2) is 14.9. The van der Waals surface area contributed by atoms with Gasteiger partial charge in [-0.1, -0.05) is 13.0 Å². The van der Waals surface area contributed by atoms with Crippen molar-refractivity contribution in [2.45, 2.75) is 26.2 Å². The average Bonchev–Trinajstić information content (AvgIpc) is 3.07. The Morgan fingerprint density at radius 2 is 2.17 bits per heavy atom. The minimum atomic E-state index is 0. The molecular formula is C17H33IN4OS. The number of halogens is 1. The molecule has 24 heavy (non-hydrogen) atoms. The Morgan fingerprint density at radius 1 is 1.38 bits per heavy atom. The molecular weight excluding hydrogens is 435 g/mol. The number of thiophene rings is 1. The van der Waals surface area contributed by atoms with E-state index in [1.807, 2.05) is 0 Å². The zero-order chi connectivity index (χ0) is 16.9. The maximum Gasteiger partial charge on any atom is 0.191 e. The molecule has 0 amide bonds. The topological polar surface area (TPSA) is 48.9 Å². The molecule has 0 aliphatic carbocycles. The summed E-state index contributed by atoms with van der Waals surface area (Å²) in [5, 5.41) is 8.85. The number of hydrogen-bond donors (Lipinski definition) is 2. The lowest BCUT2D eigenvalue weighted by Gasteiger charge is -2.18.